The number of benzene rings is 1. The highest BCUT2D eigenvalue weighted by Gasteiger charge is 2.31. The minimum atomic E-state index is -0.862. The van der Waals surface area contributed by atoms with Crippen molar-refractivity contribution in [3.63, 3.8) is 0 Å². The third-order valence-electron chi connectivity index (χ3n) is 3.11. The van der Waals surface area contributed by atoms with E-state index in [9.17, 15) is 14.3 Å². The summed E-state index contributed by atoms with van der Waals surface area (Å²) < 4.78 is 18.6. The molecule has 2 atom stereocenters. The minimum Gasteiger partial charge on any atom is -0.490 e. The molecule has 0 aliphatic carbocycles. The summed E-state index contributed by atoms with van der Waals surface area (Å²) in [7, 11) is 0. The van der Waals surface area contributed by atoms with Gasteiger partial charge in [-0.3, -0.25) is 4.79 Å². The fourth-order valence-electron chi connectivity index (χ4n) is 2.02. The maximum Gasteiger partial charge on any atom is 0.310 e. The van der Waals surface area contributed by atoms with Crippen LogP contribution in [-0.4, -0.2) is 29.2 Å². The molecule has 2 unspecified atom stereocenters. The molecule has 0 amide bonds. The van der Waals surface area contributed by atoms with Gasteiger partial charge in [0.25, 0.3) is 0 Å². The highest BCUT2D eigenvalue weighted by atomic mass is 32.2. The van der Waals surface area contributed by atoms with E-state index in [4.69, 9.17) is 4.74 Å². The number of thioether (sulfide) groups is 1. The molecule has 18 heavy (non-hydrogen) atoms. The van der Waals surface area contributed by atoms with Crippen LogP contribution in [0.5, 0.6) is 5.75 Å². The maximum atomic E-state index is 13.3. The normalized spacial score (nSPS) is 20.6. The van der Waals surface area contributed by atoms with Gasteiger partial charge in [-0.1, -0.05) is 12.1 Å². The molecule has 2 rings (SSSR count). The van der Waals surface area contributed by atoms with Crippen molar-refractivity contribution in [1.82, 2.24) is 0 Å². The molecule has 98 valence electrons. The fraction of sp³-hybridized carbons (Fsp3) is 0.462. The molecule has 0 bridgehead atoms. The van der Waals surface area contributed by atoms with Crippen molar-refractivity contribution >= 4 is 17.7 Å². The number of carboxylic acid groups (broad SMARTS) is 1. The molecule has 0 spiro atoms. The summed E-state index contributed by atoms with van der Waals surface area (Å²) in [6, 6.07) is 6.05. The van der Waals surface area contributed by atoms with E-state index in [0.29, 0.717) is 0 Å². The summed E-state index contributed by atoms with van der Waals surface area (Å²) in [6.45, 7) is 0.0293. The second kappa shape index (κ2) is 6.09. The first-order chi connectivity index (χ1) is 8.68. The Balaban J connectivity index is 1.97. The average molecular weight is 270 g/mol. The Kier molecular flexibility index (Phi) is 4.47. The van der Waals surface area contributed by atoms with E-state index >= 15 is 0 Å². The second-order valence-electron chi connectivity index (χ2n) is 4.31. The van der Waals surface area contributed by atoms with E-state index in [0.717, 1.165) is 17.9 Å². The van der Waals surface area contributed by atoms with Gasteiger partial charge in [0.15, 0.2) is 11.6 Å². The van der Waals surface area contributed by atoms with Crippen LogP contribution in [0.3, 0.4) is 0 Å². The van der Waals surface area contributed by atoms with E-state index in [2.05, 4.69) is 0 Å². The van der Waals surface area contributed by atoms with Crippen LogP contribution in [0.25, 0.3) is 0 Å². The van der Waals surface area contributed by atoms with E-state index in [-0.39, 0.29) is 18.3 Å². The molecule has 1 heterocycles. The van der Waals surface area contributed by atoms with Gasteiger partial charge in [-0.05, 0) is 36.0 Å². The molecular weight excluding hydrogens is 255 g/mol. The lowest BCUT2D eigenvalue weighted by molar-refractivity contribution is -0.144. The highest BCUT2D eigenvalue weighted by Crippen LogP contribution is 2.30. The smallest absolute Gasteiger partial charge is 0.310 e. The zero-order valence-corrected chi connectivity index (χ0v) is 10.7. The van der Waals surface area contributed by atoms with Gasteiger partial charge in [0, 0.05) is 0 Å². The van der Waals surface area contributed by atoms with Crippen molar-refractivity contribution in [3.05, 3.63) is 30.1 Å². The Labute approximate surface area is 109 Å². The number of hydrogen-bond donors (Lipinski definition) is 1. The summed E-state index contributed by atoms with van der Waals surface area (Å²) in [4.78, 5) is 11.2. The summed E-state index contributed by atoms with van der Waals surface area (Å²) >= 11 is 1.76. The van der Waals surface area contributed by atoms with Crippen LogP contribution in [0, 0.1) is 17.7 Å². The van der Waals surface area contributed by atoms with Gasteiger partial charge in [-0.25, -0.2) is 4.39 Å². The Morgan fingerprint density at radius 2 is 2.33 bits per heavy atom. The number of rotatable bonds is 5. The topological polar surface area (TPSA) is 46.5 Å². The van der Waals surface area contributed by atoms with Crippen LogP contribution in [0.15, 0.2) is 24.3 Å². The predicted molar refractivity (Wildman–Crippen MR) is 68.5 cm³/mol. The quantitative estimate of drug-likeness (QED) is 0.893. The van der Waals surface area contributed by atoms with Crippen molar-refractivity contribution in [2.75, 3.05) is 18.1 Å². The molecule has 1 aliphatic rings. The lowest BCUT2D eigenvalue weighted by atomic mass is 9.93. The molecule has 0 saturated carbocycles. The van der Waals surface area contributed by atoms with Gasteiger partial charge in [-0.15, -0.1) is 0 Å². The van der Waals surface area contributed by atoms with E-state index < -0.39 is 17.7 Å². The lowest BCUT2D eigenvalue weighted by Gasteiger charge is -2.19. The first-order valence-electron chi connectivity index (χ1n) is 5.86. The summed E-state index contributed by atoms with van der Waals surface area (Å²) in [6.07, 6.45) is 0.891. The molecule has 1 aliphatic heterocycles. The Morgan fingerprint density at radius 3 is 2.94 bits per heavy atom. The molecule has 1 saturated heterocycles. The van der Waals surface area contributed by atoms with Crippen LogP contribution in [0.1, 0.15) is 6.42 Å². The SMILES string of the molecule is O=C(O)C(COc1ccccc1F)C1CCSC1. The number of carboxylic acids is 1. The minimum absolute atomic E-state index is 0.0293. The van der Waals surface area contributed by atoms with Crippen LogP contribution < -0.4 is 4.74 Å². The highest BCUT2D eigenvalue weighted by molar-refractivity contribution is 7.99. The van der Waals surface area contributed by atoms with Crippen molar-refractivity contribution in [3.8, 4) is 5.75 Å². The van der Waals surface area contributed by atoms with Crippen molar-refractivity contribution in [2.45, 2.75) is 6.42 Å². The third kappa shape index (κ3) is 3.16. The first-order valence-corrected chi connectivity index (χ1v) is 7.02. The Hall–Kier alpha value is -1.23. The van der Waals surface area contributed by atoms with Crippen molar-refractivity contribution in [2.24, 2.45) is 11.8 Å². The molecule has 3 nitrogen and oxygen atoms in total. The number of ether oxygens (including phenoxy) is 1. The number of para-hydroxylation sites is 1. The van der Waals surface area contributed by atoms with Crippen molar-refractivity contribution in [1.29, 1.82) is 0 Å². The molecule has 0 radical (unpaired) electrons. The van der Waals surface area contributed by atoms with E-state index in [1.54, 1.807) is 23.9 Å². The van der Waals surface area contributed by atoms with Crippen LogP contribution in [0.2, 0.25) is 0 Å². The second-order valence-corrected chi connectivity index (χ2v) is 5.46. The van der Waals surface area contributed by atoms with Crippen LogP contribution in [-0.2, 0) is 4.79 Å². The Morgan fingerprint density at radius 1 is 1.56 bits per heavy atom. The van der Waals surface area contributed by atoms with Gasteiger partial charge in [-0.2, -0.15) is 11.8 Å². The summed E-state index contributed by atoms with van der Waals surface area (Å²) in [5, 5.41) is 9.20. The lowest BCUT2D eigenvalue weighted by Crippen LogP contribution is -2.29. The maximum absolute atomic E-state index is 13.3. The van der Waals surface area contributed by atoms with Gasteiger partial charge in [0.1, 0.15) is 6.61 Å². The predicted octanol–water partition coefficient (Wildman–Crippen LogP) is 2.66. The first kappa shape index (κ1) is 13.2. The van der Waals surface area contributed by atoms with Crippen LogP contribution >= 0.6 is 11.8 Å². The summed E-state index contributed by atoms with van der Waals surface area (Å²) in [5.41, 5.74) is 0. The zero-order chi connectivity index (χ0) is 13.0. The number of aliphatic carboxylic acids is 1. The Bertz CT molecular complexity index is 418. The van der Waals surface area contributed by atoms with Crippen molar-refractivity contribution < 1.29 is 19.0 Å². The number of carbonyl (C=O) groups is 1. The monoisotopic (exact) mass is 270 g/mol. The summed E-state index contributed by atoms with van der Waals surface area (Å²) in [5.74, 6) is 0.209. The number of halogens is 1. The molecular formula is C13H15FO3S. The van der Waals surface area contributed by atoms with Gasteiger partial charge < -0.3 is 9.84 Å². The molecule has 1 aromatic carbocycles. The number of hydrogen-bond acceptors (Lipinski definition) is 3. The zero-order valence-electron chi connectivity index (χ0n) is 9.84. The standard InChI is InChI=1S/C13H15FO3S/c14-11-3-1-2-4-12(11)17-7-10(13(15)16)9-5-6-18-8-9/h1-4,9-10H,5-8H2,(H,15,16). The molecule has 5 heteroatoms. The van der Waals surface area contributed by atoms with Gasteiger partial charge in [0.2, 0.25) is 0 Å². The molecule has 1 aromatic rings. The van der Waals surface area contributed by atoms with Gasteiger partial charge in [0.05, 0.1) is 5.92 Å². The van der Waals surface area contributed by atoms with Gasteiger partial charge >= 0.3 is 5.97 Å². The molecule has 0 aromatic heterocycles. The molecule has 1 N–H and O–H groups in total. The van der Waals surface area contributed by atoms with Crippen LogP contribution in [0.4, 0.5) is 4.39 Å². The fourth-order valence-corrected chi connectivity index (χ4v) is 3.36. The third-order valence-corrected chi connectivity index (χ3v) is 4.29. The van der Waals surface area contributed by atoms with E-state index in [1.807, 2.05) is 0 Å². The molecule has 1 fully saturated rings. The average Bonchev–Trinajstić information content (AvgIpc) is 2.85. The van der Waals surface area contributed by atoms with E-state index in [1.165, 1.54) is 12.1 Å². The largest absolute Gasteiger partial charge is 0.490 e.